The number of ether oxygens (including phenoxy) is 2. The van der Waals surface area contributed by atoms with Crippen LogP contribution >= 0.6 is 0 Å². The fourth-order valence-electron chi connectivity index (χ4n) is 1.30. The van der Waals surface area contributed by atoms with Gasteiger partial charge in [-0.25, -0.2) is 0 Å². The first-order chi connectivity index (χ1) is 6.77. The summed E-state index contributed by atoms with van der Waals surface area (Å²) in [6.07, 6.45) is -0.107. The van der Waals surface area contributed by atoms with Crippen LogP contribution in [0.25, 0.3) is 0 Å². The van der Waals surface area contributed by atoms with Crippen LogP contribution in [0.15, 0.2) is 0 Å². The SMILES string of the molecule is COCCC(=O)N1CCOC(C#N)C1. The number of carbonyl (C=O) groups excluding carboxylic acids is 1. The van der Waals surface area contributed by atoms with Gasteiger partial charge in [0.1, 0.15) is 0 Å². The van der Waals surface area contributed by atoms with Crippen molar-refractivity contribution in [3.8, 4) is 6.07 Å². The first-order valence-corrected chi connectivity index (χ1v) is 4.56. The summed E-state index contributed by atoms with van der Waals surface area (Å²) in [6, 6.07) is 2.00. The predicted octanol–water partition coefficient (Wildman–Crippen LogP) is -0.226. The van der Waals surface area contributed by atoms with E-state index in [0.717, 1.165) is 0 Å². The highest BCUT2D eigenvalue weighted by Gasteiger charge is 2.23. The van der Waals surface area contributed by atoms with Crippen molar-refractivity contribution in [2.45, 2.75) is 12.5 Å². The van der Waals surface area contributed by atoms with Crippen molar-refractivity contribution in [2.75, 3.05) is 33.4 Å². The second-order valence-electron chi connectivity index (χ2n) is 3.07. The number of nitrogens with zero attached hydrogens (tertiary/aromatic N) is 2. The zero-order valence-corrected chi connectivity index (χ0v) is 8.23. The van der Waals surface area contributed by atoms with Gasteiger partial charge in [-0.2, -0.15) is 5.26 Å². The van der Waals surface area contributed by atoms with Gasteiger partial charge in [0.15, 0.2) is 6.10 Å². The maximum Gasteiger partial charge on any atom is 0.225 e. The largest absolute Gasteiger partial charge is 0.384 e. The molecule has 0 aromatic rings. The van der Waals surface area contributed by atoms with Crippen LogP contribution in [0.1, 0.15) is 6.42 Å². The van der Waals surface area contributed by atoms with Gasteiger partial charge < -0.3 is 14.4 Å². The van der Waals surface area contributed by atoms with Crippen molar-refractivity contribution in [1.82, 2.24) is 4.90 Å². The molecule has 1 rings (SSSR count). The van der Waals surface area contributed by atoms with Crippen molar-refractivity contribution >= 4 is 5.91 Å². The number of rotatable bonds is 3. The van der Waals surface area contributed by atoms with Crippen LogP contribution in [0.5, 0.6) is 0 Å². The molecule has 1 atom stereocenters. The molecule has 1 saturated heterocycles. The molecule has 5 heteroatoms. The summed E-state index contributed by atoms with van der Waals surface area (Å²) in [5, 5.41) is 8.63. The lowest BCUT2D eigenvalue weighted by Crippen LogP contribution is -2.45. The number of morpholine rings is 1. The van der Waals surface area contributed by atoms with E-state index in [1.807, 2.05) is 6.07 Å². The first-order valence-electron chi connectivity index (χ1n) is 4.56. The molecule has 78 valence electrons. The van der Waals surface area contributed by atoms with Gasteiger partial charge in [-0.05, 0) is 0 Å². The standard InChI is InChI=1S/C9H14N2O3/c1-13-4-2-9(12)11-3-5-14-8(6-10)7-11/h8H,2-5,7H2,1H3. The van der Waals surface area contributed by atoms with Gasteiger partial charge in [0.2, 0.25) is 5.91 Å². The number of methoxy groups -OCH3 is 1. The average molecular weight is 198 g/mol. The highest BCUT2D eigenvalue weighted by Crippen LogP contribution is 2.05. The van der Waals surface area contributed by atoms with Gasteiger partial charge in [-0.1, -0.05) is 0 Å². The van der Waals surface area contributed by atoms with Crippen LogP contribution in [0.2, 0.25) is 0 Å². The number of carbonyl (C=O) groups is 1. The highest BCUT2D eigenvalue weighted by atomic mass is 16.5. The van der Waals surface area contributed by atoms with Gasteiger partial charge in [-0.3, -0.25) is 4.79 Å². The summed E-state index contributed by atoms with van der Waals surface area (Å²) in [5.74, 6) is 0.0235. The predicted molar refractivity (Wildman–Crippen MR) is 48.4 cm³/mol. The number of hydrogen-bond acceptors (Lipinski definition) is 4. The minimum atomic E-state index is -0.477. The molecule has 0 aromatic carbocycles. The van der Waals surface area contributed by atoms with E-state index >= 15 is 0 Å². The minimum Gasteiger partial charge on any atom is -0.384 e. The lowest BCUT2D eigenvalue weighted by molar-refractivity contribution is -0.137. The molecule has 1 unspecified atom stereocenters. The molecule has 5 nitrogen and oxygen atoms in total. The Bertz CT molecular complexity index is 237. The molecule has 14 heavy (non-hydrogen) atoms. The van der Waals surface area contributed by atoms with E-state index in [1.54, 1.807) is 12.0 Å². The Labute approximate surface area is 83.2 Å². The summed E-state index contributed by atoms with van der Waals surface area (Å²) in [7, 11) is 1.56. The third-order valence-electron chi connectivity index (χ3n) is 2.08. The van der Waals surface area contributed by atoms with Crippen molar-refractivity contribution in [3.63, 3.8) is 0 Å². The number of amides is 1. The molecule has 1 aliphatic rings. The third-order valence-corrected chi connectivity index (χ3v) is 2.08. The van der Waals surface area contributed by atoms with Crippen molar-refractivity contribution in [2.24, 2.45) is 0 Å². The molecule has 0 spiro atoms. The Morgan fingerprint density at radius 3 is 3.21 bits per heavy atom. The van der Waals surface area contributed by atoms with E-state index in [2.05, 4.69) is 0 Å². The summed E-state index contributed by atoms with van der Waals surface area (Å²) in [6.45, 7) is 1.81. The van der Waals surface area contributed by atoms with E-state index in [4.69, 9.17) is 14.7 Å². The lowest BCUT2D eigenvalue weighted by atomic mass is 10.2. The van der Waals surface area contributed by atoms with Gasteiger partial charge in [0, 0.05) is 13.7 Å². The Morgan fingerprint density at radius 1 is 1.79 bits per heavy atom. The van der Waals surface area contributed by atoms with Crippen molar-refractivity contribution in [1.29, 1.82) is 5.26 Å². The molecule has 1 heterocycles. The number of hydrogen-bond donors (Lipinski definition) is 0. The molecule has 1 aliphatic heterocycles. The Morgan fingerprint density at radius 2 is 2.57 bits per heavy atom. The molecule has 0 bridgehead atoms. The smallest absolute Gasteiger partial charge is 0.225 e. The van der Waals surface area contributed by atoms with E-state index in [0.29, 0.717) is 32.7 Å². The molecule has 0 saturated carbocycles. The van der Waals surface area contributed by atoms with Crippen LogP contribution in [-0.4, -0.2) is 50.3 Å². The fourth-order valence-corrected chi connectivity index (χ4v) is 1.30. The van der Waals surface area contributed by atoms with Gasteiger partial charge in [0.25, 0.3) is 0 Å². The maximum atomic E-state index is 11.5. The molecule has 0 radical (unpaired) electrons. The summed E-state index contributed by atoms with van der Waals surface area (Å²) in [5.41, 5.74) is 0. The molecular weight excluding hydrogens is 184 g/mol. The fraction of sp³-hybridized carbons (Fsp3) is 0.778. The van der Waals surface area contributed by atoms with E-state index in [1.165, 1.54) is 0 Å². The van der Waals surface area contributed by atoms with E-state index in [9.17, 15) is 4.79 Å². The van der Waals surface area contributed by atoms with Crippen molar-refractivity contribution in [3.05, 3.63) is 0 Å². The van der Waals surface area contributed by atoms with Crippen molar-refractivity contribution < 1.29 is 14.3 Å². The Hall–Kier alpha value is -1.12. The molecular formula is C9H14N2O3. The summed E-state index contributed by atoms with van der Waals surface area (Å²) < 4.78 is 9.94. The monoisotopic (exact) mass is 198 g/mol. The third kappa shape index (κ3) is 2.98. The second-order valence-corrected chi connectivity index (χ2v) is 3.07. The normalized spacial score (nSPS) is 21.7. The molecule has 0 N–H and O–H groups in total. The van der Waals surface area contributed by atoms with Gasteiger partial charge in [-0.15, -0.1) is 0 Å². The van der Waals surface area contributed by atoms with Crippen LogP contribution in [0.3, 0.4) is 0 Å². The maximum absolute atomic E-state index is 11.5. The highest BCUT2D eigenvalue weighted by molar-refractivity contribution is 5.76. The Kier molecular flexibility index (Phi) is 4.36. The quantitative estimate of drug-likeness (QED) is 0.628. The van der Waals surface area contributed by atoms with Crippen LogP contribution in [-0.2, 0) is 14.3 Å². The van der Waals surface area contributed by atoms with Crippen LogP contribution in [0.4, 0.5) is 0 Å². The van der Waals surface area contributed by atoms with Crippen LogP contribution < -0.4 is 0 Å². The minimum absolute atomic E-state index is 0.0235. The average Bonchev–Trinajstić information content (AvgIpc) is 2.26. The molecule has 1 fully saturated rings. The lowest BCUT2D eigenvalue weighted by Gasteiger charge is -2.29. The molecule has 0 aliphatic carbocycles. The van der Waals surface area contributed by atoms with Crippen LogP contribution in [0, 0.1) is 11.3 Å². The van der Waals surface area contributed by atoms with Gasteiger partial charge in [0.05, 0.1) is 32.2 Å². The first kappa shape index (κ1) is 11.0. The van der Waals surface area contributed by atoms with Gasteiger partial charge >= 0.3 is 0 Å². The summed E-state index contributed by atoms with van der Waals surface area (Å²) in [4.78, 5) is 13.1. The summed E-state index contributed by atoms with van der Waals surface area (Å²) >= 11 is 0. The number of nitriles is 1. The van der Waals surface area contributed by atoms with E-state index in [-0.39, 0.29) is 5.91 Å². The Balaban J connectivity index is 2.36. The zero-order valence-electron chi connectivity index (χ0n) is 8.23. The molecule has 0 aromatic heterocycles. The topological polar surface area (TPSA) is 62.6 Å². The second kappa shape index (κ2) is 5.58. The molecule has 1 amide bonds. The van der Waals surface area contributed by atoms with E-state index < -0.39 is 6.10 Å². The zero-order chi connectivity index (χ0) is 10.4.